The van der Waals surface area contributed by atoms with E-state index in [1.54, 1.807) is 12.4 Å². The molecule has 0 aliphatic heterocycles. The molecular weight excluding hydrogens is 256 g/mol. The number of nitrogens with one attached hydrogen (secondary N) is 1. The molecule has 4 heteroatoms. The Hall–Kier alpha value is -1.65. The van der Waals surface area contributed by atoms with E-state index in [2.05, 4.69) is 16.4 Å². The first kappa shape index (κ1) is 13.8. The van der Waals surface area contributed by atoms with Crippen LogP contribution in [0.25, 0.3) is 0 Å². The first-order valence-corrected chi connectivity index (χ1v) is 6.97. The van der Waals surface area contributed by atoms with E-state index in [4.69, 9.17) is 0 Å². The lowest BCUT2D eigenvalue weighted by Crippen LogP contribution is -2.29. The first-order chi connectivity index (χ1) is 9.38. The summed E-state index contributed by atoms with van der Waals surface area (Å²) in [5.41, 5.74) is 1.21. The van der Waals surface area contributed by atoms with Gasteiger partial charge in [-0.3, -0.25) is 10.3 Å². The average molecular weight is 271 g/mol. The Morgan fingerprint density at radius 1 is 1.26 bits per heavy atom. The van der Waals surface area contributed by atoms with E-state index in [-0.39, 0.29) is 5.37 Å². The summed E-state index contributed by atoms with van der Waals surface area (Å²) in [4.78, 5) is 16.1. The Balaban J connectivity index is 1.78. The van der Waals surface area contributed by atoms with Gasteiger partial charge >= 0.3 is 0 Å². The van der Waals surface area contributed by atoms with Crippen molar-refractivity contribution >= 4 is 18.0 Å². The van der Waals surface area contributed by atoms with Crippen LogP contribution in [0.4, 0.5) is 0 Å². The van der Waals surface area contributed by atoms with E-state index in [0.29, 0.717) is 0 Å². The van der Waals surface area contributed by atoms with Crippen molar-refractivity contribution in [3.05, 3.63) is 60.4 Å². The number of aromatic nitrogens is 1. The number of carbonyl (C=O) groups is 1. The molecule has 0 fully saturated rings. The molecule has 97 valence electrons. The van der Waals surface area contributed by atoms with Gasteiger partial charge in [-0.1, -0.05) is 23.9 Å². The molecule has 0 bridgehead atoms. The van der Waals surface area contributed by atoms with Crippen molar-refractivity contribution in [2.24, 2.45) is 0 Å². The van der Waals surface area contributed by atoms with E-state index in [1.165, 1.54) is 17.3 Å². The summed E-state index contributed by atoms with van der Waals surface area (Å²) in [6.07, 6.45) is 5.38. The van der Waals surface area contributed by atoms with E-state index >= 15 is 0 Å². The molecule has 1 atom stereocenters. The van der Waals surface area contributed by atoms with Crippen molar-refractivity contribution in [2.45, 2.75) is 16.7 Å². The summed E-state index contributed by atoms with van der Waals surface area (Å²) in [6.45, 7) is 0.763. The quantitative estimate of drug-likeness (QED) is 0.477. The minimum absolute atomic E-state index is 0.218. The highest BCUT2D eigenvalue weighted by molar-refractivity contribution is 8.00. The van der Waals surface area contributed by atoms with Gasteiger partial charge in [0, 0.05) is 23.8 Å². The second-order valence-corrected chi connectivity index (χ2v) is 5.18. The van der Waals surface area contributed by atoms with Crippen molar-refractivity contribution < 1.29 is 4.79 Å². The molecular formula is C15H15N2OS. The molecule has 1 radical (unpaired) electrons. The number of carbonyl (C=O) groups excluding carboxylic acids is 1. The molecule has 1 heterocycles. The molecule has 1 N–H and O–H groups in total. The number of benzene rings is 1. The fourth-order valence-corrected chi connectivity index (χ4v) is 2.47. The standard InChI is InChI=1S/C15H15N2OS/c18-12-15(19-14-4-2-1-3-5-14)17-11-8-13-6-9-16-10-7-13/h2-7,9-10,12,15,17H,8,11H2. The molecule has 2 aromatic rings. The Morgan fingerprint density at radius 2 is 2.00 bits per heavy atom. The maximum Gasteiger partial charge on any atom is 0.147 e. The number of aldehydes is 1. The predicted octanol–water partition coefficient (Wildman–Crippen LogP) is 2.33. The van der Waals surface area contributed by atoms with Gasteiger partial charge in [0.2, 0.25) is 0 Å². The van der Waals surface area contributed by atoms with E-state index < -0.39 is 0 Å². The highest BCUT2D eigenvalue weighted by Crippen LogP contribution is 2.19. The third-order valence-corrected chi connectivity index (χ3v) is 3.66. The van der Waals surface area contributed by atoms with Gasteiger partial charge < -0.3 is 4.79 Å². The van der Waals surface area contributed by atoms with E-state index in [0.717, 1.165) is 24.1 Å². The normalized spacial score (nSPS) is 12.0. The molecule has 2 rings (SSSR count). The second kappa shape index (κ2) is 7.71. The van der Waals surface area contributed by atoms with Gasteiger partial charge in [-0.05, 0) is 42.3 Å². The molecule has 0 amide bonds. The Kier molecular flexibility index (Phi) is 5.59. The van der Waals surface area contributed by atoms with Crippen LogP contribution >= 0.6 is 11.8 Å². The van der Waals surface area contributed by atoms with Crippen molar-refractivity contribution in [3.8, 4) is 0 Å². The summed E-state index contributed by atoms with van der Waals surface area (Å²) in [7, 11) is 0. The second-order valence-electron chi connectivity index (χ2n) is 3.97. The summed E-state index contributed by atoms with van der Waals surface area (Å²) < 4.78 is 0. The zero-order valence-corrected chi connectivity index (χ0v) is 11.3. The summed E-state index contributed by atoms with van der Waals surface area (Å²) in [6, 6.07) is 14.5. The van der Waals surface area contributed by atoms with E-state index in [9.17, 15) is 4.79 Å². The molecule has 0 aliphatic rings. The summed E-state index contributed by atoms with van der Waals surface area (Å²) >= 11 is 1.51. The third-order valence-electron chi connectivity index (χ3n) is 2.58. The average Bonchev–Trinajstić information content (AvgIpc) is 2.48. The zero-order chi connectivity index (χ0) is 13.3. The van der Waals surface area contributed by atoms with Crippen molar-refractivity contribution in [3.63, 3.8) is 0 Å². The number of rotatable bonds is 7. The lowest BCUT2D eigenvalue weighted by Gasteiger charge is -2.12. The van der Waals surface area contributed by atoms with Crippen LogP contribution in [0.15, 0.2) is 53.7 Å². The number of hydrogen-bond acceptors (Lipinski definition) is 4. The molecule has 0 spiro atoms. The van der Waals surface area contributed by atoms with Gasteiger partial charge in [0.15, 0.2) is 0 Å². The van der Waals surface area contributed by atoms with Crippen molar-refractivity contribution in [1.82, 2.24) is 10.3 Å². The number of nitrogens with zero attached hydrogens (tertiary/aromatic N) is 1. The van der Waals surface area contributed by atoms with Crippen LogP contribution in [0.2, 0.25) is 0 Å². The third kappa shape index (κ3) is 4.85. The number of pyridine rings is 1. The number of hydrogen-bond donors (Lipinski definition) is 1. The molecule has 1 unspecified atom stereocenters. The van der Waals surface area contributed by atoms with Crippen LogP contribution in [0.3, 0.4) is 0 Å². The maximum absolute atomic E-state index is 11.1. The zero-order valence-electron chi connectivity index (χ0n) is 10.5. The van der Waals surface area contributed by atoms with Crippen LogP contribution in [-0.2, 0) is 11.2 Å². The number of thioether (sulfide) groups is 1. The minimum atomic E-state index is -0.218. The van der Waals surface area contributed by atoms with E-state index in [1.807, 2.05) is 36.4 Å². The fraction of sp³-hybridized carbons (Fsp3) is 0.200. The Morgan fingerprint density at radius 3 is 2.68 bits per heavy atom. The van der Waals surface area contributed by atoms with Gasteiger partial charge in [-0.2, -0.15) is 0 Å². The first-order valence-electron chi connectivity index (χ1n) is 6.09. The van der Waals surface area contributed by atoms with Crippen LogP contribution < -0.4 is 5.32 Å². The van der Waals surface area contributed by atoms with Gasteiger partial charge in [-0.25, -0.2) is 0 Å². The highest BCUT2D eigenvalue weighted by Gasteiger charge is 2.07. The largest absolute Gasteiger partial charge is 0.301 e. The predicted molar refractivity (Wildman–Crippen MR) is 76.9 cm³/mol. The molecule has 0 saturated carbocycles. The highest BCUT2D eigenvalue weighted by atomic mass is 32.2. The van der Waals surface area contributed by atoms with Crippen LogP contribution in [0, 0.1) is 6.07 Å². The van der Waals surface area contributed by atoms with Gasteiger partial charge in [0.1, 0.15) is 11.7 Å². The van der Waals surface area contributed by atoms with Crippen molar-refractivity contribution in [2.75, 3.05) is 6.54 Å². The van der Waals surface area contributed by atoms with Gasteiger partial charge in [-0.15, -0.1) is 0 Å². The molecule has 0 aliphatic carbocycles. The monoisotopic (exact) mass is 271 g/mol. The van der Waals surface area contributed by atoms with Crippen LogP contribution in [0.1, 0.15) is 5.56 Å². The maximum atomic E-state index is 11.1. The topological polar surface area (TPSA) is 42.0 Å². The molecule has 1 aromatic heterocycles. The Labute approximate surface area is 117 Å². The van der Waals surface area contributed by atoms with Crippen molar-refractivity contribution in [1.29, 1.82) is 0 Å². The van der Waals surface area contributed by atoms with Crippen LogP contribution in [0.5, 0.6) is 0 Å². The molecule has 1 aromatic carbocycles. The molecule has 19 heavy (non-hydrogen) atoms. The fourth-order valence-electron chi connectivity index (χ4n) is 1.62. The smallest absolute Gasteiger partial charge is 0.147 e. The summed E-state index contributed by atoms with van der Waals surface area (Å²) in [5.74, 6) is 0. The lowest BCUT2D eigenvalue weighted by molar-refractivity contribution is -0.107. The Bertz CT molecular complexity index is 490. The minimum Gasteiger partial charge on any atom is -0.301 e. The lowest BCUT2D eigenvalue weighted by atomic mass is 10.2. The summed E-state index contributed by atoms with van der Waals surface area (Å²) in [5, 5.41) is 3.01. The molecule has 0 saturated heterocycles. The van der Waals surface area contributed by atoms with Gasteiger partial charge in [0.05, 0.1) is 0 Å². The SMILES string of the molecule is O=CC(NCCc1ccncc1)Sc1cc[c]cc1. The van der Waals surface area contributed by atoms with Gasteiger partial charge in [0.25, 0.3) is 0 Å². The van der Waals surface area contributed by atoms with Crippen LogP contribution in [-0.4, -0.2) is 23.2 Å². The molecule has 3 nitrogen and oxygen atoms in total.